The lowest BCUT2D eigenvalue weighted by Crippen LogP contribution is -2.29. The summed E-state index contributed by atoms with van der Waals surface area (Å²) in [4.78, 5) is 6.78. The molecule has 2 atom stereocenters. The van der Waals surface area contributed by atoms with Crippen molar-refractivity contribution in [2.75, 3.05) is 4.90 Å². The predicted octanol–water partition coefficient (Wildman–Crippen LogP) is 7.63. The maximum atomic E-state index is 6.59. The number of halogens is 3. The maximum absolute atomic E-state index is 6.59. The van der Waals surface area contributed by atoms with Gasteiger partial charge in [-0.1, -0.05) is 40.9 Å². The van der Waals surface area contributed by atoms with Crippen LogP contribution in [0.15, 0.2) is 72.9 Å². The van der Waals surface area contributed by atoms with E-state index in [4.69, 9.17) is 47.0 Å². The van der Waals surface area contributed by atoms with E-state index in [1.165, 1.54) is 0 Å². The zero-order valence-electron chi connectivity index (χ0n) is 18.5. The van der Waals surface area contributed by atoms with Crippen molar-refractivity contribution in [2.45, 2.75) is 25.9 Å². The van der Waals surface area contributed by atoms with Crippen LogP contribution in [0.5, 0.6) is 0 Å². The van der Waals surface area contributed by atoms with E-state index in [9.17, 15) is 0 Å². The summed E-state index contributed by atoms with van der Waals surface area (Å²) in [5.41, 5.74) is 6.01. The van der Waals surface area contributed by atoms with Crippen molar-refractivity contribution in [1.29, 1.82) is 0 Å². The number of benzene rings is 2. The molecule has 4 aromatic rings. The van der Waals surface area contributed by atoms with Gasteiger partial charge in [-0.3, -0.25) is 4.98 Å². The molecule has 1 N–H and O–H groups in total. The first kappa shape index (κ1) is 23.2. The lowest BCUT2D eigenvalue weighted by molar-refractivity contribution is 0.565. The molecule has 0 radical (unpaired) electrons. The van der Waals surface area contributed by atoms with Crippen molar-refractivity contribution in [2.24, 2.45) is 0 Å². The van der Waals surface area contributed by atoms with Crippen LogP contribution in [-0.2, 0) is 0 Å². The van der Waals surface area contributed by atoms with Gasteiger partial charge >= 0.3 is 0 Å². The van der Waals surface area contributed by atoms with E-state index >= 15 is 0 Å². The third-order valence-electron chi connectivity index (χ3n) is 6.14. The minimum atomic E-state index is -0.140. The quantitative estimate of drug-likeness (QED) is 0.277. The fourth-order valence-electron chi connectivity index (χ4n) is 4.67. The summed E-state index contributed by atoms with van der Waals surface area (Å²) in [7, 11) is 0. The van der Waals surface area contributed by atoms with Gasteiger partial charge in [0.25, 0.3) is 0 Å². The summed E-state index contributed by atoms with van der Waals surface area (Å²) >= 11 is 24.8. The van der Waals surface area contributed by atoms with E-state index in [0.717, 1.165) is 34.0 Å². The lowest BCUT2D eigenvalue weighted by Gasteiger charge is -2.28. The number of nitrogens with zero attached hydrogens (tertiary/aromatic N) is 3. The van der Waals surface area contributed by atoms with Gasteiger partial charge in [0.1, 0.15) is 0 Å². The van der Waals surface area contributed by atoms with Gasteiger partial charge in [-0.15, -0.1) is 0 Å². The zero-order valence-corrected chi connectivity index (χ0v) is 21.6. The van der Waals surface area contributed by atoms with E-state index in [-0.39, 0.29) is 12.1 Å². The van der Waals surface area contributed by atoms with Gasteiger partial charge in [0.05, 0.1) is 28.5 Å². The highest BCUT2D eigenvalue weighted by molar-refractivity contribution is 7.80. The zero-order chi connectivity index (χ0) is 24.0. The highest BCUT2D eigenvalue weighted by Crippen LogP contribution is 2.44. The number of rotatable bonds is 4. The van der Waals surface area contributed by atoms with Gasteiger partial charge in [-0.05, 0) is 92.3 Å². The molecule has 0 amide bonds. The summed E-state index contributed by atoms with van der Waals surface area (Å²) in [5.74, 6) is 0. The maximum Gasteiger partial charge on any atom is 0.174 e. The molecule has 5 rings (SSSR count). The second kappa shape index (κ2) is 9.23. The molecule has 2 aromatic heterocycles. The number of aromatic nitrogens is 2. The van der Waals surface area contributed by atoms with Crippen LogP contribution in [0.1, 0.15) is 34.7 Å². The molecular weight excluding hydrogens is 507 g/mol. The summed E-state index contributed by atoms with van der Waals surface area (Å²) in [6, 6.07) is 21.1. The molecule has 0 unspecified atom stereocenters. The Bertz CT molecular complexity index is 1370. The largest absolute Gasteiger partial charge is 0.351 e. The van der Waals surface area contributed by atoms with E-state index in [1.54, 1.807) is 12.3 Å². The first-order valence-corrected chi connectivity index (χ1v) is 12.3. The molecule has 0 spiro atoms. The first-order chi connectivity index (χ1) is 16.3. The molecule has 0 saturated carbocycles. The summed E-state index contributed by atoms with van der Waals surface area (Å²) in [6.45, 7) is 4.18. The molecule has 3 heterocycles. The van der Waals surface area contributed by atoms with Crippen molar-refractivity contribution in [3.63, 3.8) is 0 Å². The van der Waals surface area contributed by atoms with Crippen LogP contribution in [0.3, 0.4) is 0 Å². The topological polar surface area (TPSA) is 33.1 Å². The number of nitrogens with one attached hydrogen (secondary N) is 1. The highest BCUT2D eigenvalue weighted by atomic mass is 35.5. The molecule has 1 aliphatic rings. The van der Waals surface area contributed by atoms with E-state index in [2.05, 4.69) is 39.7 Å². The molecule has 1 aliphatic heterocycles. The van der Waals surface area contributed by atoms with E-state index < -0.39 is 0 Å². The Balaban J connectivity index is 1.69. The molecule has 34 heavy (non-hydrogen) atoms. The smallest absolute Gasteiger partial charge is 0.174 e. The minimum absolute atomic E-state index is 0.130. The molecule has 1 saturated heterocycles. The van der Waals surface area contributed by atoms with Crippen molar-refractivity contribution in [3.8, 4) is 5.69 Å². The van der Waals surface area contributed by atoms with Crippen molar-refractivity contribution >= 4 is 57.8 Å². The molecule has 0 bridgehead atoms. The van der Waals surface area contributed by atoms with Gasteiger partial charge in [0.2, 0.25) is 0 Å². The van der Waals surface area contributed by atoms with Crippen molar-refractivity contribution in [1.82, 2.24) is 14.9 Å². The van der Waals surface area contributed by atoms with Gasteiger partial charge in [0, 0.05) is 33.3 Å². The Morgan fingerprint density at radius 3 is 2.32 bits per heavy atom. The second-order valence-electron chi connectivity index (χ2n) is 8.23. The first-order valence-electron chi connectivity index (χ1n) is 10.8. The predicted molar refractivity (Wildman–Crippen MR) is 145 cm³/mol. The van der Waals surface area contributed by atoms with Crippen LogP contribution < -0.4 is 10.2 Å². The fraction of sp³-hybridized carbons (Fsp3) is 0.154. The number of hydrogen-bond acceptors (Lipinski definition) is 2. The fourth-order valence-corrected chi connectivity index (χ4v) is 5.64. The second-order valence-corrected chi connectivity index (χ2v) is 9.90. The molecule has 172 valence electrons. The average Bonchev–Trinajstić information content (AvgIpc) is 3.31. The van der Waals surface area contributed by atoms with Gasteiger partial charge in [-0.2, -0.15) is 0 Å². The van der Waals surface area contributed by atoms with Crippen LogP contribution in [0.25, 0.3) is 5.69 Å². The van der Waals surface area contributed by atoms with E-state index in [0.29, 0.717) is 20.2 Å². The highest BCUT2D eigenvalue weighted by Gasteiger charge is 2.42. The number of thiocarbonyl (C=S) groups is 1. The van der Waals surface area contributed by atoms with Crippen molar-refractivity contribution < 1.29 is 0 Å². The van der Waals surface area contributed by atoms with Gasteiger partial charge in [0.15, 0.2) is 5.11 Å². The third kappa shape index (κ3) is 4.07. The van der Waals surface area contributed by atoms with E-state index in [1.807, 2.05) is 54.6 Å². The Hall–Kier alpha value is -2.57. The van der Waals surface area contributed by atoms with Crippen LogP contribution >= 0.6 is 47.0 Å². The average molecular weight is 528 g/mol. The van der Waals surface area contributed by atoms with Crippen molar-refractivity contribution in [3.05, 3.63) is 111 Å². The molecule has 4 nitrogen and oxygen atoms in total. The number of pyridine rings is 1. The van der Waals surface area contributed by atoms with Crippen LogP contribution in [-0.4, -0.2) is 14.7 Å². The lowest BCUT2D eigenvalue weighted by atomic mass is 9.96. The monoisotopic (exact) mass is 526 g/mol. The Morgan fingerprint density at radius 1 is 0.912 bits per heavy atom. The number of aryl methyl sites for hydroxylation is 1. The molecule has 1 fully saturated rings. The summed E-state index contributed by atoms with van der Waals surface area (Å²) in [5, 5.41) is 6.02. The standard InChI is InChI=1S/C26H21Cl3N4S/c1-15-13-20(16(2)32(15)23-11-8-18(28)14-21(23)29)25-24(22-5-3-4-12-30-22)31-26(34)33(25)19-9-6-17(27)7-10-19/h3-14,24-25H,1-2H3,(H,31,34)/t24-,25-/m0/s1. The molecular formula is C26H21Cl3N4S. The molecule has 2 aromatic carbocycles. The normalized spacial score (nSPS) is 17.8. The Morgan fingerprint density at radius 2 is 1.65 bits per heavy atom. The van der Waals surface area contributed by atoms with Gasteiger partial charge < -0.3 is 14.8 Å². The minimum Gasteiger partial charge on any atom is -0.351 e. The van der Waals surface area contributed by atoms with Crippen LogP contribution in [0, 0.1) is 13.8 Å². The Kier molecular flexibility index (Phi) is 6.30. The Labute approximate surface area is 219 Å². The SMILES string of the molecule is Cc1cc([C@H]2[C@H](c3ccccn3)NC(=S)N2c2ccc(Cl)cc2)c(C)n1-c1ccc(Cl)cc1Cl. The van der Waals surface area contributed by atoms with Gasteiger partial charge in [-0.25, -0.2) is 0 Å². The molecule has 0 aliphatic carbocycles. The molecule has 8 heteroatoms. The third-order valence-corrected chi connectivity index (χ3v) is 7.25. The number of anilines is 1. The summed E-state index contributed by atoms with van der Waals surface area (Å²) < 4.78 is 2.16. The van der Waals surface area contributed by atoms with Crippen LogP contribution in [0.2, 0.25) is 15.1 Å². The van der Waals surface area contributed by atoms with Crippen LogP contribution in [0.4, 0.5) is 5.69 Å². The summed E-state index contributed by atoms with van der Waals surface area (Å²) in [6.07, 6.45) is 1.80. The number of hydrogen-bond donors (Lipinski definition) is 1.